The molecular formula is C16H27FN2. The molecule has 0 heterocycles. The molecule has 0 amide bonds. The third-order valence-corrected chi connectivity index (χ3v) is 2.99. The molecule has 0 aliphatic heterocycles. The summed E-state index contributed by atoms with van der Waals surface area (Å²) in [4.78, 5) is 2.33. The lowest BCUT2D eigenvalue weighted by Crippen LogP contribution is -2.32. The Morgan fingerprint density at radius 2 is 1.58 bits per heavy atom. The van der Waals surface area contributed by atoms with Gasteiger partial charge in [0, 0.05) is 24.8 Å². The molecule has 0 fully saturated rings. The first-order valence-corrected chi connectivity index (χ1v) is 7.11. The molecule has 0 aromatic heterocycles. The average Bonchev–Trinajstić information content (AvgIpc) is 2.26. The molecule has 3 heteroatoms. The van der Waals surface area contributed by atoms with Gasteiger partial charge in [0.05, 0.1) is 0 Å². The molecule has 0 saturated heterocycles. The van der Waals surface area contributed by atoms with Gasteiger partial charge in [-0.05, 0) is 42.5 Å². The monoisotopic (exact) mass is 266 g/mol. The number of benzene rings is 1. The van der Waals surface area contributed by atoms with E-state index in [9.17, 15) is 4.39 Å². The fraction of sp³-hybridized carbons (Fsp3) is 0.625. The van der Waals surface area contributed by atoms with E-state index in [2.05, 4.69) is 32.6 Å². The predicted molar refractivity (Wildman–Crippen MR) is 80.9 cm³/mol. The Balaban J connectivity index is 3.13. The maximum Gasteiger partial charge on any atom is 0.123 e. The van der Waals surface area contributed by atoms with E-state index >= 15 is 0 Å². The van der Waals surface area contributed by atoms with Crippen LogP contribution in [0.1, 0.15) is 46.2 Å². The molecule has 1 aromatic carbocycles. The van der Waals surface area contributed by atoms with Crippen molar-refractivity contribution in [2.45, 2.75) is 40.7 Å². The second-order valence-corrected chi connectivity index (χ2v) is 6.18. The van der Waals surface area contributed by atoms with E-state index < -0.39 is 0 Å². The van der Waals surface area contributed by atoms with Gasteiger partial charge in [0.25, 0.3) is 0 Å². The maximum absolute atomic E-state index is 13.4. The van der Waals surface area contributed by atoms with Crippen LogP contribution < -0.4 is 10.6 Å². The van der Waals surface area contributed by atoms with Gasteiger partial charge in [-0.15, -0.1) is 0 Å². The molecule has 0 unspecified atom stereocenters. The summed E-state index contributed by atoms with van der Waals surface area (Å²) in [6.45, 7) is 12.6. The van der Waals surface area contributed by atoms with Crippen molar-refractivity contribution in [2.75, 3.05) is 18.0 Å². The normalized spacial score (nSPS) is 13.1. The molecular weight excluding hydrogens is 239 g/mol. The smallest absolute Gasteiger partial charge is 0.123 e. The van der Waals surface area contributed by atoms with Gasteiger partial charge in [0.2, 0.25) is 0 Å². The second-order valence-electron chi connectivity index (χ2n) is 6.18. The van der Waals surface area contributed by atoms with Gasteiger partial charge in [-0.2, -0.15) is 0 Å². The SMILES string of the molecule is CC(C)CN(CC(C)C)c1ccc(F)cc1[C@@H](C)N. The minimum atomic E-state index is -0.218. The third kappa shape index (κ3) is 4.83. The zero-order valence-electron chi connectivity index (χ0n) is 12.8. The molecule has 0 spiro atoms. The van der Waals surface area contributed by atoms with E-state index in [4.69, 9.17) is 5.73 Å². The van der Waals surface area contributed by atoms with E-state index in [1.807, 2.05) is 13.0 Å². The van der Waals surface area contributed by atoms with Gasteiger partial charge < -0.3 is 10.6 Å². The van der Waals surface area contributed by atoms with Gasteiger partial charge in [-0.25, -0.2) is 4.39 Å². The standard InChI is InChI=1S/C16H27FN2/c1-11(2)9-19(10-12(3)4)16-7-6-14(17)8-15(16)13(5)18/h6-8,11-13H,9-10,18H2,1-5H3/t13-/m1/s1. The summed E-state index contributed by atoms with van der Waals surface area (Å²) < 4.78 is 13.4. The highest BCUT2D eigenvalue weighted by Gasteiger charge is 2.16. The molecule has 1 rings (SSSR count). The number of nitrogens with zero attached hydrogens (tertiary/aromatic N) is 1. The van der Waals surface area contributed by atoms with Crippen LogP contribution in [0.2, 0.25) is 0 Å². The van der Waals surface area contributed by atoms with Crippen molar-refractivity contribution in [1.82, 2.24) is 0 Å². The average molecular weight is 266 g/mol. The second kappa shape index (κ2) is 6.90. The Morgan fingerprint density at radius 3 is 2.00 bits per heavy atom. The van der Waals surface area contributed by atoms with Gasteiger partial charge in [-0.1, -0.05) is 27.7 Å². The number of anilines is 1. The van der Waals surface area contributed by atoms with Crippen molar-refractivity contribution in [2.24, 2.45) is 17.6 Å². The fourth-order valence-corrected chi connectivity index (χ4v) is 2.33. The fourth-order valence-electron chi connectivity index (χ4n) is 2.33. The van der Waals surface area contributed by atoms with Crippen LogP contribution in [0, 0.1) is 17.7 Å². The Kier molecular flexibility index (Phi) is 5.80. The molecule has 1 aromatic rings. The first kappa shape index (κ1) is 16.0. The van der Waals surface area contributed by atoms with E-state index in [-0.39, 0.29) is 11.9 Å². The van der Waals surface area contributed by atoms with E-state index in [0.29, 0.717) is 11.8 Å². The molecule has 0 bridgehead atoms. The highest BCUT2D eigenvalue weighted by atomic mass is 19.1. The summed E-state index contributed by atoms with van der Waals surface area (Å²) in [5, 5.41) is 0. The van der Waals surface area contributed by atoms with Gasteiger partial charge in [0.1, 0.15) is 5.82 Å². The summed E-state index contributed by atoms with van der Waals surface area (Å²) in [7, 11) is 0. The van der Waals surface area contributed by atoms with Crippen molar-refractivity contribution in [3.8, 4) is 0 Å². The minimum Gasteiger partial charge on any atom is -0.371 e. The van der Waals surface area contributed by atoms with E-state index in [0.717, 1.165) is 24.3 Å². The Hall–Kier alpha value is -1.09. The van der Waals surface area contributed by atoms with Crippen molar-refractivity contribution in [3.05, 3.63) is 29.6 Å². The van der Waals surface area contributed by atoms with Crippen LogP contribution in [0.4, 0.5) is 10.1 Å². The van der Waals surface area contributed by atoms with Crippen LogP contribution in [-0.4, -0.2) is 13.1 Å². The van der Waals surface area contributed by atoms with Crippen molar-refractivity contribution in [3.63, 3.8) is 0 Å². The van der Waals surface area contributed by atoms with Crippen LogP contribution in [0.3, 0.4) is 0 Å². The topological polar surface area (TPSA) is 29.3 Å². The summed E-state index contributed by atoms with van der Waals surface area (Å²) in [5.41, 5.74) is 7.95. The summed E-state index contributed by atoms with van der Waals surface area (Å²) in [5.74, 6) is 0.902. The van der Waals surface area contributed by atoms with Crippen molar-refractivity contribution < 1.29 is 4.39 Å². The number of halogens is 1. The molecule has 0 aliphatic carbocycles. The van der Waals surface area contributed by atoms with Crippen LogP contribution >= 0.6 is 0 Å². The lowest BCUT2D eigenvalue weighted by atomic mass is 10.0. The Bertz CT molecular complexity index is 390. The zero-order valence-corrected chi connectivity index (χ0v) is 12.8. The predicted octanol–water partition coefficient (Wildman–Crippen LogP) is 3.96. The largest absolute Gasteiger partial charge is 0.371 e. The van der Waals surface area contributed by atoms with Crippen molar-refractivity contribution in [1.29, 1.82) is 0 Å². The molecule has 2 N–H and O–H groups in total. The van der Waals surface area contributed by atoms with E-state index in [1.54, 1.807) is 6.07 Å². The Morgan fingerprint density at radius 1 is 1.05 bits per heavy atom. The lowest BCUT2D eigenvalue weighted by Gasteiger charge is -2.31. The molecule has 0 radical (unpaired) electrons. The van der Waals surface area contributed by atoms with Gasteiger partial charge in [-0.3, -0.25) is 0 Å². The van der Waals surface area contributed by atoms with Gasteiger partial charge >= 0.3 is 0 Å². The molecule has 2 nitrogen and oxygen atoms in total. The summed E-state index contributed by atoms with van der Waals surface area (Å²) in [6, 6.07) is 4.79. The quantitative estimate of drug-likeness (QED) is 0.844. The first-order chi connectivity index (χ1) is 8.81. The van der Waals surface area contributed by atoms with Crippen LogP contribution in [0.25, 0.3) is 0 Å². The summed E-state index contributed by atoms with van der Waals surface area (Å²) in [6.07, 6.45) is 0. The zero-order chi connectivity index (χ0) is 14.6. The highest BCUT2D eigenvalue weighted by molar-refractivity contribution is 5.55. The first-order valence-electron chi connectivity index (χ1n) is 7.11. The number of nitrogens with two attached hydrogens (primary N) is 1. The molecule has 19 heavy (non-hydrogen) atoms. The molecule has 108 valence electrons. The Labute approximate surface area is 116 Å². The number of hydrogen-bond acceptors (Lipinski definition) is 2. The highest BCUT2D eigenvalue weighted by Crippen LogP contribution is 2.27. The van der Waals surface area contributed by atoms with Crippen LogP contribution in [-0.2, 0) is 0 Å². The third-order valence-electron chi connectivity index (χ3n) is 2.99. The van der Waals surface area contributed by atoms with Crippen LogP contribution in [0.5, 0.6) is 0 Å². The van der Waals surface area contributed by atoms with E-state index in [1.165, 1.54) is 6.07 Å². The lowest BCUT2D eigenvalue weighted by molar-refractivity contribution is 0.549. The minimum absolute atomic E-state index is 0.160. The van der Waals surface area contributed by atoms with Crippen LogP contribution in [0.15, 0.2) is 18.2 Å². The number of hydrogen-bond donors (Lipinski definition) is 1. The maximum atomic E-state index is 13.4. The molecule has 0 saturated carbocycles. The van der Waals surface area contributed by atoms with Gasteiger partial charge in [0.15, 0.2) is 0 Å². The number of rotatable bonds is 6. The van der Waals surface area contributed by atoms with Crippen molar-refractivity contribution >= 4 is 5.69 Å². The summed E-state index contributed by atoms with van der Waals surface area (Å²) >= 11 is 0. The molecule has 0 aliphatic rings. The molecule has 1 atom stereocenters.